The maximum absolute atomic E-state index is 13.0. The molecule has 8 heteroatoms. The highest BCUT2D eigenvalue weighted by Gasteiger charge is 2.31. The van der Waals surface area contributed by atoms with Gasteiger partial charge in [-0.3, -0.25) is 19.0 Å². The Labute approximate surface area is 180 Å². The first kappa shape index (κ1) is 22.1. The van der Waals surface area contributed by atoms with Crippen molar-refractivity contribution in [1.82, 2.24) is 14.5 Å². The molecule has 160 valence electrons. The summed E-state index contributed by atoms with van der Waals surface area (Å²) in [5.41, 5.74) is 0.470. The van der Waals surface area contributed by atoms with Crippen LogP contribution in [0.3, 0.4) is 0 Å². The molecule has 0 N–H and O–H groups in total. The van der Waals surface area contributed by atoms with Gasteiger partial charge in [-0.1, -0.05) is 30.0 Å². The molecule has 1 aromatic heterocycles. The number of likely N-dealkylation sites (tertiary alicyclic amines) is 1. The molecule has 0 spiro atoms. The number of nitrogens with zero attached hydrogens (tertiary/aromatic N) is 3. The number of ether oxygens (including phenoxy) is 1. The second-order valence-electron chi connectivity index (χ2n) is 7.23. The number of amides is 1. The van der Waals surface area contributed by atoms with Crippen LogP contribution in [0.5, 0.6) is 0 Å². The molecule has 1 aliphatic rings. The quantitative estimate of drug-likeness (QED) is 0.291. The molecule has 2 heterocycles. The van der Waals surface area contributed by atoms with Crippen LogP contribution in [-0.4, -0.2) is 51.3 Å². The first-order valence-corrected chi connectivity index (χ1v) is 11.1. The number of thioether (sulfide) groups is 1. The Morgan fingerprint density at radius 2 is 2.03 bits per heavy atom. The second-order valence-corrected chi connectivity index (χ2v) is 8.54. The van der Waals surface area contributed by atoms with Gasteiger partial charge in [0, 0.05) is 19.6 Å². The fraction of sp³-hybridized carbons (Fsp3) is 0.455. The van der Waals surface area contributed by atoms with Crippen LogP contribution in [-0.2, 0) is 20.9 Å². The maximum Gasteiger partial charge on any atom is 0.309 e. The molecule has 1 atom stereocenters. The largest absolute Gasteiger partial charge is 0.466 e. The number of carbonyl (C=O) groups excluding carboxylic acids is 2. The number of aromatic nitrogens is 2. The number of hydrogen-bond donors (Lipinski definition) is 0. The lowest BCUT2D eigenvalue weighted by atomic mass is 9.97. The second kappa shape index (κ2) is 9.93. The number of para-hydroxylation sites is 1. The Morgan fingerprint density at radius 1 is 1.33 bits per heavy atom. The third kappa shape index (κ3) is 4.75. The summed E-state index contributed by atoms with van der Waals surface area (Å²) in [4.78, 5) is 44.2. The van der Waals surface area contributed by atoms with Crippen molar-refractivity contribution in [3.63, 3.8) is 0 Å². The van der Waals surface area contributed by atoms with E-state index < -0.39 is 5.25 Å². The van der Waals surface area contributed by atoms with Gasteiger partial charge in [-0.2, -0.15) is 0 Å². The summed E-state index contributed by atoms with van der Waals surface area (Å²) in [6.07, 6.45) is 2.86. The van der Waals surface area contributed by atoms with E-state index in [0.29, 0.717) is 55.1 Å². The van der Waals surface area contributed by atoms with E-state index in [1.807, 2.05) is 19.1 Å². The molecule has 30 heavy (non-hydrogen) atoms. The fourth-order valence-electron chi connectivity index (χ4n) is 3.59. The first-order chi connectivity index (χ1) is 14.5. The van der Waals surface area contributed by atoms with Crippen molar-refractivity contribution in [3.05, 3.63) is 47.3 Å². The zero-order valence-electron chi connectivity index (χ0n) is 17.4. The van der Waals surface area contributed by atoms with Crippen LogP contribution in [0, 0.1) is 5.92 Å². The van der Waals surface area contributed by atoms with Gasteiger partial charge in [0.25, 0.3) is 5.56 Å². The first-order valence-electron chi connectivity index (χ1n) is 10.2. The van der Waals surface area contributed by atoms with E-state index in [1.165, 1.54) is 11.8 Å². The summed E-state index contributed by atoms with van der Waals surface area (Å²) in [7, 11) is 0. The van der Waals surface area contributed by atoms with E-state index in [1.54, 1.807) is 34.6 Å². The summed E-state index contributed by atoms with van der Waals surface area (Å²) in [5.74, 6) is -0.340. The predicted octanol–water partition coefficient (Wildman–Crippen LogP) is 2.86. The van der Waals surface area contributed by atoms with Gasteiger partial charge in [-0.15, -0.1) is 6.58 Å². The van der Waals surface area contributed by atoms with Gasteiger partial charge in [-0.25, -0.2) is 4.98 Å². The lowest BCUT2D eigenvalue weighted by Crippen LogP contribution is -2.43. The molecule has 1 aliphatic heterocycles. The van der Waals surface area contributed by atoms with Crippen LogP contribution < -0.4 is 5.56 Å². The lowest BCUT2D eigenvalue weighted by Gasteiger charge is -2.32. The molecule has 0 radical (unpaired) electrons. The topological polar surface area (TPSA) is 81.5 Å². The van der Waals surface area contributed by atoms with Crippen molar-refractivity contribution in [1.29, 1.82) is 0 Å². The van der Waals surface area contributed by atoms with Gasteiger partial charge in [0.2, 0.25) is 5.91 Å². The molecule has 0 saturated carbocycles. The summed E-state index contributed by atoms with van der Waals surface area (Å²) in [6, 6.07) is 7.19. The summed E-state index contributed by atoms with van der Waals surface area (Å²) >= 11 is 1.28. The molecular formula is C22H27N3O4S. The zero-order valence-corrected chi connectivity index (χ0v) is 18.2. The fourth-order valence-corrected chi connectivity index (χ4v) is 4.59. The van der Waals surface area contributed by atoms with Gasteiger partial charge in [0.1, 0.15) is 0 Å². The van der Waals surface area contributed by atoms with E-state index in [0.717, 1.165) is 0 Å². The highest BCUT2D eigenvalue weighted by atomic mass is 32.2. The third-order valence-electron chi connectivity index (χ3n) is 5.19. The highest BCUT2D eigenvalue weighted by Crippen LogP contribution is 2.26. The molecule has 1 fully saturated rings. The minimum atomic E-state index is -0.409. The van der Waals surface area contributed by atoms with Gasteiger partial charge in [-0.05, 0) is 38.8 Å². The Bertz CT molecular complexity index is 996. The van der Waals surface area contributed by atoms with Crippen LogP contribution in [0.1, 0.15) is 26.7 Å². The number of esters is 1. The number of fused-ring (bicyclic) bond motifs is 1. The number of allylic oxidation sites excluding steroid dienone is 1. The van der Waals surface area contributed by atoms with E-state index in [4.69, 9.17) is 4.74 Å². The average molecular weight is 430 g/mol. The summed E-state index contributed by atoms with van der Waals surface area (Å²) in [6.45, 7) is 9.10. The summed E-state index contributed by atoms with van der Waals surface area (Å²) < 4.78 is 6.64. The van der Waals surface area contributed by atoms with Crippen molar-refractivity contribution in [2.45, 2.75) is 43.6 Å². The SMILES string of the molecule is C=CCn1c(SC(C)C(=O)N2CCC(C(=O)OCC)CC2)nc2ccccc2c1=O. The molecule has 1 aromatic carbocycles. The molecule has 1 unspecified atom stereocenters. The van der Waals surface area contributed by atoms with Crippen LogP contribution in [0.25, 0.3) is 10.9 Å². The van der Waals surface area contributed by atoms with Crippen LogP contribution in [0.15, 0.2) is 46.9 Å². The van der Waals surface area contributed by atoms with E-state index in [-0.39, 0.29) is 23.4 Å². The van der Waals surface area contributed by atoms with E-state index in [2.05, 4.69) is 11.6 Å². The standard InChI is InChI=1S/C22H27N3O4S/c1-4-12-25-20(27)17-8-6-7-9-18(17)23-22(25)30-15(3)19(26)24-13-10-16(11-14-24)21(28)29-5-2/h4,6-9,15-16H,1,5,10-14H2,2-3H3. The number of benzene rings is 1. The van der Waals surface area contributed by atoms with Gasteiger partial charge >= 0.3 is 5.97 Å². The average Bonchev–Trinajstić information content (AvgIpc) is 2.76. The van der Waals surface area contributed by atoms with Gasteiger partial charge in [0.05, 0.1) is 28.7 Å². The third-order valence-corrected chi connectivity index (χ3v) is 6.27. The molecule has 3 rings (SSSR count). The normalized spacial score (nSPS) is 15.7. The molecule has 2 aromatic rings. The van der Waals surface area contributed by atoms with Crippen LogP contribution in [0.4, 0.5) is 0 Å². The van der Waals surface area contributed by atoms with Crippen molar-refractivity contribution >= 4 is 34.5 Å². The number of piperidine rings is 1. The number of hydrogen-bond acceptors (Lipinski definition) is 6. The van der Waals surface area contributed by atoms with Crippen molar-refractivity contribution in [2.75, 3.05) is 19.7 Å². The molecule has 0 bridgehead atoms. The highest BCUT2D eigenvalue weighted by molar-refractivity contribution is 8.00. The molecular weight excluding hydrogens is 402 g/mol. The van der Waals surface area contributed by atoms with Crippen LogP contribution in [0.2, 0.25) is 0 Å². The van der Waals surface area contributed by atoms with Crippen molar-refractivity contribution in [2.24, 2.45) is 5.92 Å². The number of carbonyl (C=O) groups is 2. The zero-order chi connectivity index (χ0) is 21.7. The maximum atomic E-state index is 13.0. The minimum Gasteiger partial charge on any atom is -0.466 e. The molecule has 1 amide bonds. The predicted molar refractivity (Wildman–Crippen MR) is 117 cm³/mol. The van der Waals surface area contributed by atoms with Crippen molar-refractivity contribution < 1.29 is 14.3 Å². The van der Waals surface area contributed by atoms with Gasteiger partial charge in [0.15, 0.2) is 5.16 Å². The smallest absolute Gasteiger partial charge is 0.309 e. The minimum absolute atomic E-state index is 0.0186. The summed E-state index contributed by atoms with van der Waals surface area (Å²) in [5, 5.41) is 0.637. The Kier molecular flexibility index (Phi) is 7.31. The number of rotatable bonds is 7. The Morgan fingerprint density at radius 3 is 2.70 bits per heavy atom. The van der Waals surface area contributed by atoms with Crippen LogP contribution >= 0.6 is 11.8 Å². The molecule has 0 aliphatic carbocycles. The van der Waals surface area contributed by atoms with E-state index >= 15 is 0 Å². The monoisotopic (exact) mass is 429 g/mol. The Hall–Kier alpha value is -2.61. The lowest BCUT2D eigenvalue weighted by molar-refractivity contribution is -0.151. The Balaban J connectivity index is 1.73. The van der Waals surface area contributed by atoms with Crippen molar-refractivity contribution in [3.8, 4) is 0 Å². The van der Waals surface area contributed by atoms with E-state index in [9.17, 15) is 14.4 Å². The molecule has 7 nitrogen and oxygen atoms in total. The van der Waals surface area contributed by atoms with Gasteiger partial charge < -0.3 is 9.64 Å². The molecule has 1 saturated heterocycles.